The lowest BCUT2D eigenvalue weighted by atomic mass is 10.0. The van der Waals surface area contributed by atoms with Crippen LogP contribution in [-0.2, 0) is 6.42 Å². The molecule has 0 radical (unpaired) electrons. The molecule has 0 aliphatic carbocycles. The van der Waals surface area contributed by atoms with Crippen LogP contribution in [0.4, 0.5) is 4.39 Å². The van der Waals surface area contributed by atoms with Crippen LogP contribution in [0.1, 0.15) is 12.5 Å². The minimum atomic E-state index is -0.195. The molecule has 2 N–H and O–H groups in total. The van der Waals surface area contributed by atoms with Crippen molar-refractivity contribution in [3.05, 3.63) is 47.8 Å². The minimum Gasteiger partial charge on any atom is -0.324 e. The Morgan fingerprint density at radius 2 is 2.15 bits per heavy atom. The van der Waals surface area contributed by atoms with E-state index in [2.05, 4.69) is 6.58 Å². The van der Waals surface area contributed by atoms with Crippen molar-refractivity contribution in [2.75, 3.05) is 0 Å². The van der Waals surface area contributed by atoms with E-state index in [0.29, 0.717) is 12.0 Å². The number of hydrogen-bond donors (Lipinski definition) is 1. The normalized spacial score (nSPS) is 12.5. The highest BCUT2D eigenvalue weighted by Crippen LogP contribution is 2.10. The van der Waals surface area contributed by atoms with Crippen molar-refractivity contribution in [1.29, 1.82) is 0 Å². The van der Waals surface area contributed by atoms with Crippen LogP contribution in [0.5, 0.6) is 0 Å². The minimum absolute atomic E-state index is 0.156. The standard InChI is InChI=1S/C11H14FN/c1-8(2)11(13)7-9-5-3-4-6-10(9)12/h3-6,11H,1,7,13H2,2H3. The van der Waals surface area contributed by atoms with Gasteiger partial charge in [-0.2, -0.15) is 0 Å². The topological polar surface area (TPSA) is 26.0 Å². The van der Waals surface area contributed by atoms with E-state index in [1.807, 2.05) is 13.0 Å². The van der Waals surface area contributed by atoms with Crippen LogP contribution in [0.15, 0.2) is 36.4 Å². The maximum absolute atomic E-state index is 13.1. The summed E-state index contributed by atoms with van der Waals surface area (Å²) in [5, 5.41) is 0. The van der Waals surface area contributed by atoms with Gasteiger partial charge in [0.2, 0.25) is 0 Å². The third-order valence-electron chi connectivity index (χ3n) is 2.03. The molecule has 0 saturated heterocycles. The number of benzene rings is 1. The second-order valence-electron chi connectivity index (χ2n) is 3.25. The Bertz CT molecular complexity index is 307. The summed E-state index contributed by atoms with van der Waals surface area (Å²) >= 11 is 0. The first-order valence-corrected chi connectivity index (χ1v) is 4.25. The lowest BCUT2D eigenvalue weighted by Crippen LogP contribution is -2.23. The number of nitrogens with two attached hydrogens (primary N) is 1. The van der Waals surface area contributed by atoms with Crippen LogP contribution < -0.4 is 5.73 Å². The van der Waals surface area contributed by atoms with E-state index in [1.54, 1.807) is 12.1 Å². The molecular formula is C11H14FN. The van der Waals surface area contributed by atoms with Gasteiger partial charge in [-0.3, -0.25) is 0 Å². The zero-order valence-electron chi connectivity index (χ0n) is 7.76. The van der Waals surface area contributed by atoms with Crippen molar-refractivity contribution >= 4 is 0 Å². The monoisotopic (exact) mass is 179 g/mol. The quantitative estimate of drug-likeness (QED) is 0.708. The molecule has 0 fully saturated rings. The summed E-state index contributed by atoms with van der Waals surface area (Å²) in [5.74, 6) is -0.195. The number of halogens is 1. The molecule has 70 valence electrons. The predicted octanol–water partition coefficient (Wildman–Crippen LogP) is 2.27. The van der Waals surface area contributed by atoms with E-state index in [0.717, 1.165) is 5.57 Å². The van der Waals surface area contributed by atoms with Crippen molar-refractivity contribution in [2.45, 2.75) is 19.4 Å². The van der Waals surface area contributed by atoms with Crippen molar-refractivity contribution < 1.29 is 4.39 Å². The van der Waals surface area contributed by atoms with Gasteiger partial charge in [0.25, 0.3) is 0 Å². The fourth-order valence-electron chi connectivity index (χ4n) is 1.08. The first kappa shape index (κ1) is 9.93. The SMILES string of the molecule is C=C(C)C(N)Cc1ccccc1F. The predicted molar refractivity (Wildman–Crippen MR) is 52.9 cm³/mol. The maximum atomic E-state index is 13.1. The Morgan fingerprint density at radius 3 is 2.69 bits per heavy atom. The van der Waals surface area contributed by atoms with Crippen LogP contribution >= 0.6 is 0 Å². The summed E-state index contributed by atoms with van der Waals surface area (Å²) in [7, 11) is 0. The van der Waals surface area contributed by atoms with Crippen LogP contribution in [-0.4, -0.2) is 6.04 Å². The largest absolute Gasteiger partial charge is 0.324 e. The molecule has 13 heavy (non-hydrogen) atoms. The number of hydrogen-bond acceptors (Lipinski definition) is 1. The molecule has 0 amide bonds. The van der Waals surface area contributed by atoms with E-state index in [9.17, 15) is 4.39 Å². The molecule has 1 unspecified atom stereocenters. The molecule has 1 rings (SSSR count). The molecule has 1 nitrogen and oxygen atoms in total. The summed E-state index contributed by atoms with van der Waals surface area (Å²) in [6.07, 6.45) is 0.516. The molecule has 1 aromatic carbocycles. The lowest BCUT2D eigenvalue weighted by Gasteiger charge is -2.11. The van der Waals surface area contributed by atoms with Gasteiger partial charge in [0.1, 0.15) is 5.82 Å². The van der Waals surface area contributed by atoms with Gasteiger partial charge in [0.05, 0.1) is 0 Å². The summed E-state index contributed by atoms with van der Waals surface area (Å²) in [6, 6.07) is 6.52. The van der Waals surface area contributed by atoms with Crippen LogP contribution in [0, 0.1) is 5.82 Å². The third-order valence-corrected chi connectivity index (χ3v) is 2.03. The highest BCUT2D eigenvalue weighted by atomic mass is 19.1. The maximum Gasteiger partial charge on any atom is 0.126 e. The summed E-state index contributed by atoms with van der Waals surface area (Å²) in [5.41, 5.74) is 7.28. The Kier molecular flexibility index (Phi) is 3.20. The van der Waals surface area contributed by atoms with E-state index < -0.39 is 0 Å². The zero-order valence-corrected chi connectivity index (χ0v) is 7.76. The van der Waals surface area contributed by atoms with Crippen molar-refractivity contribution in [2.24, 2.45) is 5.73 Å². The van der Waals surface area contributed by atoms with Gasteiger partial charge in [0, 0.05) is 6.04 Å². The molecule has 1 aromatic rings. The van der Waals surface area contributed by atoms with Gasteiger partial charge in [-0.05, 0) is 25.0 Å². The van der Waals surface area contributed by atoms with Gasteiger partial charge in [-0.15, -0.1) is 0 Å². The van der Waals surface area contributed by atoms with Crippen LogP contribution in [0.2, 0.25) is 0 Å². The van der Waals surface area contributed by atoms with E-state index in [1.165, 1.54) is 6.07 Å². The van der Waals surface area contributed by atoms with Crippen molar-refractivity contribution in [3.8, 4) is 0 Å². The van der Waals surface area contributed by atoms with E-state index in [4.69, 9.17) is 5.73 Å². The molecule has 0 bridgehead atoms. The van der Waals surface area contributed by atoms with Gasteiger partial charge >= 0.3 is 0 Å². The highest BCUT2D eigenvalue weighted by Gasteiger charge is 2.07. The Morgan fingerprint density at radius 1 is 1.54 bits per heavy atom. The Labute approximate surface area is 78.1 Å². The Balaban J connectivity index is 2.74. The highest BCUT2D eigenvalue weighted by molar-refractivity contribution is 5.20. The second kappa shape index (κ2) is 4.19. The van der Waals surface area contributed by atoms with Crippen molar-refractivity contribution in [3.63, 3.8) is 0 Å². The average Bonchev–Trinajstić information content (AvgIpc) is 2.08. The molecule has 0 aromatic heterocycles. The third kappa shape index (κ3) is 2.67. The van der Waals surface area contributed by atoms with E-state index >= 15 is 0 Å². The molecule has 0 heterocycles. The zero-order chi connectivity index (χ0) is 9.84. The molecule has 0 saturated carbocycles. The van der Waals surface area contributed by atoms with E-state index in [-0.39, 0.29) is 11.9 Å². The second-order valence-corrected chi connectivity index (χ2v) is 3.25. The molecule has 2 heteroatoms. The average molecular weight is 179 g/mol. The van der Waals surface area contributed by atoms with Gasteiger partial charge < -0.3 is 5.73 Å². The van der Waals surface area contributed by atoms with Crippen LogP contribution in [0.3, 0.4) is 0 Å². The molecule has 0 aliphatic heterocycles. The first-order valence-electron chi connectivity index (χ1n) is 4.25. The Hall–Kier alpha value is -1.15. The van der Waals surface area contributed by atoms with Crippen molar-refractivity contribution in [1.82, 2.24) is 0 Å². The molecule has 0 aliphatic rings. The molecule has 0 spiro atoms. The lowest BCUT2D eigenvalue weighted by molar-refractivity contribution is 0.600. The fourth-order valence-corrected chi connectivity index (χ4v) is 1.08. The smallest absolute Gasteiger partial charge is 0.126 e. The van der Waals surface area contributed by atoms with Crippen LogP contribution in [0.25, 0.3) is 0 Å². The summed E-state index contributed by atoms with van der Waals surface area (Å²) < 4.78 is 13.1. The number of rotatable bonds is 3. The molecule has 1 atom stereocenters. The fraction of sp³-hybridized carbons (Fsp3) is 0.273. The van der Waals surface area contributed by atoms with Gasteiger partial charge in [-0.1, -0.05) is 30.4 Å². The molecular weight excluding hydrogens is 165 g/mol. The first-order chi connectivity index (χ1) is 6.11. The van der Waals surface area contributed by atoms with Gasteiger partial charge in [-0.25, -0.2) is 4.39 Å². The van der Waals surface area contributed by atoms with Gasteiger partial charge in [0.15, 0.2) is 0 Å². The summed E-state index contributed by atoms with van der Waals surface area (Å²) in [6.45, 7) is 5.59. The summed E-state index contributed by atoms with van der Waals surface area (Å²) in [4.78, 5) is 0.